The highest BCUT2D eigenvalue weighted by Gasteiger charge is 2.26. The largest absolute Gasteiger partial charge is 0.389 e. The first-order chi connectivity index (χ1) is 8.58. The van der Waals surface area contributed by atoms with Crippen LogP contribution in [0.1, 0.15) is 38.7 Å². The smallest absolute Gasteiger partial charge is 0.159 e. The van der Waals surface area contributed by atoms with Crippen LogP contribution in [0.25, 0.3) is 0 Å². The number of thiocarbonyl (C=S) groups is 1. The quantitative estimate of drug-likeness (QED) is 0.820. The maximum atomic E-state index is 5.70. The van der Waals surface area contributed by atoms with Crippen molar-refractivity contribution in [3.05, 3.63) is 17.8 Å². The molecule has 1 aromatic rings. The zero-order chi connectivity index (χ0) is 13.1. The molecule has 0 amide bonds. The van der Waals surface area contributed by atoms with Crippen molar-refractivity contribution in [3.8, 4) is 0 Å². The normalized spacial score (nSPS) is 27.8. The molecule has 2 rings (SSSR count). The van der Waals surface area contributed by atoms with E-state index in [9.17, 15) is 0 Å². The van der Waals surface area contributed by atoms with Crippen LogP contribution < -0.4 is 11.1 Å². The molecule has 1 aliphatic carbocycles. The second-order valence-corrected chi connectivity index (χ2v) is 5.74. The summed E-state index contributed by atoms with van der Waals surface area (Å²) >= 11 is 5.04. The van der Waals surface area contributed by atoms with Crippen molar-refractivity contribution in [2.45, 2.75) is 39.2 Å². The fourth-order valence-corrected chi connectivity index (χ4v) is 2.86. The Morgan fingerprint density at radius 1 is 1.44 bits per heavy atom. The molecule has 3 atom stereocenters. The van der Waals surface area contributed by atoms with Crippen molar-refractivity contribution in [1.29, 1.82) is 0 Å². The van der Waals surface area contributed by atoms with Crippen molar-refractivity contribution < 1.29 is 0 Å². The van der Waals surface area contributed by atoms with Crippen molar-refractivity contribution in [2.75, 3.05) is 5.32 Å². The van der Waals surface area contributed by atoms with Gasteiger partial charge in [-0.15, -0.1) is 5.10 Å². The lowest BCUT2D eigenvalue weighted by molar-refractivity contribution is 0.276. The number of nitrogens with zero attached hydrogens (tertiary/aromatic N) is 2. The van der Waals surface area contributed by atoms with Crippen LogP contribution in [-0.4, -0.2) is 21.2 Å². The Balaban J connectivity index is 2.12. The van der Waals surface area contributed by atoms with E-state index in [0.717, 1.165) is 23.7 Å². The molecule has 1 aliphatic rings. The Morgan fingerprint density at radius 3 is 2.89 bits per heavy atom. The van der Waals surface area contributed by atoms with Crippen LogP contribution in [0.2, 0.25) is 0 Å². The van der Waals surface area contributed by atoms with Crippen molar-refractivity contribution in [3.63, 3.8) is 0 Å². The summed E-state index contributed by atoms with van der Waals surface area (Å²) in [7, 11) is 0. The van der Waals surface area contributed by atoms with Gasteiger partial charge in [0.25, 0.3) is 0 Å². The highest BCUT2D eigenvalue weighted by Crippen LogP contribution is 2.30. The Bertz CT molecular complexity index is 435. The Hall–Kier alpha value is -1.23. The average Bonchev–Trinajstić information content (AvgIpc) is 2.33. The second-order valence-electron chi connectivity index (χ2n) is 5.30. The molecule has 3 unspecified atom stereocenters. The summed E-state index contributed by atoms with van der Waals surface area (Å²) in [6, 6.07) is 2.25. The van der Waals surface area contributed by atoms with Crippen LogP contribution in [0, 0.1) is 11.8 Å². The van der Waals surface area contributed by atoms with E-state index in [1.807, 2.05) is 6.07 Å². The number of aromatic nitrogens is 2. The van der Waals surface area contributed by atoms with Gasteiger partial charge in [-0.25, -0.2) is 0 Å². The molecule has 1 heterocycles. The van der Waals surface area contributed by atoms with Crippen LogP contribution in [0.4, 0.5) is 5.82 Å². The summed E-state index contributed by atoms with van der Waals surface area (Å²) in [4.78, 5) is 0.365. The Labute approximate surface area is 113 Å². The lowest BCUT2D eigenvalue weighted by Gasteiger charge is -2.33. The van der Waals surface area contributed by atoms with Crippen LogP contribution in [0.15, 0.2) is 12.3 Å². The Kier molecular flexibility index (Phi) is 4.11. The summed E-state index contributed by atoms with van der Waals surface area (Å²) in [5.74, 6) is 2.17. The van der Waals surface area contributed by atoms with E-state index in [1.54, 1.807) is 6.20 Å². The molecule has 18 heavy (non-hydrogen) atoms. The molecular weight excluding hydrogens is 244 g/mol. The SMILES string of the molecule is CC1CCC(Nc2nnccc2C(N)=S)C(C)C1. The third kappa shape index (κ3) is 2.96. The Morgan fingerprint density at radius 2 is 2.22 bits per heavy atom. The first-order valence-corrected chi connectivity index (χ1v) is 6.86. The molecular formula is C13H20N4S. The standard InChI is InChI=1S/C13H20N4S/c1-8-3-4-11(9(2)7-8)16-13-10(12(14)18)5-6-15-17-13/h5-6,8-9,11H,3-4,7H2,1-2H3,(H2,14,18)(H,16,17). The molecule has 1 aromatic heterocycles. The fraction of sp³-hybridized carbons (Fsp3) is 0.615. The van der Waals surface area contributed by atoms with E-state index in [1.165, 1.54) is 12.8 Å². The van der Waals surface area contributed by atoms with Gasteiger partial charge in [0, 0.05) is 6.04 Å². The molecule has 98 valence electrons. The van der Waals surface area contributed by atoms with E-state index in [4.69, 9.17) is 18.0 Å². The topological polar surface area (TPSA) is 63.8 Å². The van der Waals surface area contributed by atoms with Gasteiger partial charge in [0.1, 0.15) is 4.99 Å². The highest BCUT2D eigenvalue weighted by molar-refractivity contribution is 7.80. The predicted octanol–water partition coefficient (Wildman–Crippen LogP) is 2.35. The summed E-state index contributed by atoms with van der Waals surface area (Å²) < 4.78 is 0. The molecule has 1 saturated carbocycles. The molecule has 0 aromatic carbocycles. The molecule has 0 aliphatic heterocycles. The van der Waals surface area contributed by atoms with Gasteiger partial charge in [0.05, 0.1) is 11.8 Å². The number of nitrogens with two attached hydrogens (primary N) is 1. The van der Waals surface area contributed by atoms with Gasteiger partial charge in [-0.05, 0) is 37.2 Å². The second kappa shape index (κ2) is 5.61. The molecule has 0 bridgehead atoms. The van der Waals surface area contributed by atoms with E-state index < -0.39 is 0 Å². The summed E-state index contributed by atoms with van der Waals surface area (Å²) in [5, 5.41) is 11.5. The van der Waals surface area contributed by atoms with Crippen molar-refractivity contribution in [1.82, 2.24) is 10.2 Å². The molecule has 0 spiro atoms. The lowest BCUT2D eigenvalue weighted by Crippen LogP contribution is -2.34. The first kappa shape index (κ1) is 13.2. The molecule has 3 N–H and O–H groups in total. The third-order valence-corrected chi connectivity index (χ3v) is 3.96. The third-order valence-electron chi connectivity index (χ3n) is 3.74. The van der Waals surface area contributed by atoms with E-state index >= 15 is 0 Å². The predicted molar refractivity (Wildman–Crippen MR) is 77.5 cm³/mol. The zero-order valence-corrected chi connectivity index (χ0v) is 11.7. The molecule has 4 nitrogen and oxygen atoms in total. The van der Waals surface area contributed by atoms with Gasteiger partial charge in [0.2, 0.25) is 0 Å². The minimum Gasteiger partial charge on any atom is -0.389 e. The zero-order valence-electron chi connectivity index (χ0n) is 10.9. The van der Waals surface area contributed by atoms with E-state index in [2.05, 4.69) is 29.4 Å². The van der Waals surface area contributed by atoms with Crippen LogP contribution in [0.5, 0.6) is 0 Å². The average molecular weight is 264 g/mol. The molecule has 0 radical (unpaired) electrons. The minimum atomic E-state index is 0.365. The molecule has 0 saturated heterocycles. The number of rotatable bonds is 3. The maximum absolute atomic E-state index is 5.70. The monoisotopic (exact) mass is 264 g/mol. The lowest BCUT2D eigenvalue weighted by atomic mass is 9.80. The number of anilines is 1. The summed E-state index contributed by atoms with van der Waals surface area (Å²) in [5.41, 5.74) is 6.48. The van der Waals surface area contributed by atoms with Gasteiger partial charge in [0.15, 0.2) is 5.82 Å². The van der Waals surface area contributed by atoms with Gasteiger partial charge in [-0.2, -0.15) is 5.10 Å². The van der Waals surface area contributed by atoms with Crippen molar-refractivity contribution >= 4 is 23.0 Å². The first-order valence-electron chi connectivity index (χ1n) is 6.46. The fourth-order valence-electron chi connectivity index (χ4n) is 2.69. The van der Waals surface area contributed by atoms with Crippen LogP contribution >= 0.6 is 12.2 Å². The highest BCUT2D eigenvalue weighted by atomic mass is 32.1. The van der Waals surface area contributed by atoms with Crippen molar-refractivity contribution in [2.24, 2.45) is 17.6 Å². The molecule has 1 fully saturated rings. The van der Waals surface area contributed by atoms with Gasteiger partial charge < -0.3 is 11.1 Å². The number of hydrogen-bond acceptors (Lipinski definition) is 4. The molecule has 5 heteroatoms. The van der Waals surface area contributed by atoms with E-state index in [0.29, 0.717) is 16.9 Å². The summed E-state index contributed by atoms with van der Waals surface area (Å²) in [6.07, 6.45) is 5.28. The number of hydrogen-bond donors (Lipinski definition) is 2. The number of nitrogens with one attached hydrogen (secondary N) is 1. The van der Waals surface area contributed by atoms with Gasteiger partial charge in [-0.1, -0.05) is 26.1 Å². The van der Waals surface area contributed by atoms with Crippen LogP contribution in [-0.2, 0) is 0 Å². The minimum absolute atomic E-state index is 0.365. The van der Waals surface area contributed by atoms with E-state index in [-0.39, 0.29) is 0 Å². The van der Waals surface area contributed by atoms with Gasteiger partial charge >= 0.3 is 0 Å². The summed E-state index contributed by atoms with van der Waals surface area (Å²) in [6.45, 7) is 4.60. The van der Waals surface area contributed by atoms with Crippen LogP contribution in [0.3, 0.4) is 0 Å². The van der Waals surface area contributed by atoms with Gasteiger partial charge in [-0.3, -0.25) is 0 Å². The maximum Gasteiger partial charge on any atom is 0.159 e.